The zero-order valence-electron chi connectivity index (χ0n) is 10.7. The lowest BCUT2D eigenvalue weighted by molar-refractivity contribution is 0.475. The molecule has 0 bridgehead atoms. The minimum absolute atomic E-state index is 0.0675. The second-order valence-corrected chi connectivity index (χ2v) is 6.09. The van der Waals surface area contributed by atoms with Crippen LogP contribution in [0.4, 0.5) is 5.69 Å². The van der Waals surface area contributed by atoms with Crippen LogP contribution in [0.5, 0.6) is 5.75 Å². The molecule has 2 rings (SSSR count). The van der Waals surface area contributed by atoms with Crippen molar-refractivity contribution >= 4 is 15.7 Å². The van der Waals surface area contributed by atoms with Gasteiger partial charge < -0.3 is 5.11 Å². The molecule has 2 aromatic carbocycles. The van der Waals surface area contributed by atoms with Gasteiger partial charge in [-0.3, -0.25) is 4.31 Å². The molecule has 0 atom stereocenters. The second kappa shape index (κ2) is 5.23. The van der Waals surface area contributed by atoms with Gasteiger partial charge in [-0.05, 0) is 48.5 Å². The molecule has 0 aliphatic rings. The maximum absolute atomic E-state index is 12.4. The van der Waals surface area contributed by atoms with Crippen molar-refractivity contribution in [1.82, 2.24) is 0 Å². The van der Waals surface area contributed by atoms with Crippen LogP contribution in [-0.2, 0) is 10.0 Å². The zero-order valence-corrected chi connectivity index (χ0v) is 11.5. The lowest BCUT2D eigenvalue weighted by Crippen LogP contribution is -2.26. The Bertz CT molecular complexity index is 745. The van der Waals surface area contributed by atoms with Crippen LogP contribution in [0.2, 0.25) is 0 Å². The van der Waals surface area contributed by atoms with Crippen LogP contribution >= 0.6 is 0 Å². The third kappa shape index (κ3) is 2.58. The quantitative estimate of drug-likeness (QED) is 0.937. The first-order valence-electron chi connectivity index (χ1n) is 5.73. The summed E-state index contributed by atoms with van der Waals surface area (Å²) in [5, 5.41) is 17.9. The van der Waals surface area contributed by atoms with E-state index in [0.717, 1.165) is 4.31 Å². The predicted molar refractivity (Wildman–Crippen MR) is 74.9 cm³/mol. The van der Waals surface area contributed by atoms with Crippen LogP contribution < -0.4 is 4.31 Å². The number of benzene rings is 2. The second-order valence-electron chi connectivity index (χ2n) is 4.13. The van der Waals surface area contributed by atoms with Crippen LogP contribution in [0.3, 0.4) is 0 Å². The molecule has 0 amide bonds. The number of sulfonamides is 1. The lowest BCUT2D eigenvalue weighted by atomic mass is 10.2. The summed E-state index contributed by atoms with van der Waals surface area (Å²) in [6, 6.07) is 13.5. The van der Waals surface area contributed by atoms with Crippen molar-refractivity contribution in [1.29, 1.82) is 5.26 Å². The van der Waals surface area contributed by atoms with Gasteiger partial charge in [0.1, 0.15) is 5.75 Å². The number of rotatable bonds is 3. The molecule has 6 heteroatoms. The third-order valence-corrected chi connectivity index (χ3v) is 4.65. The maximum atomic E-state index is 12.4. The molecule has 2 aromatic rings. The van der Waals surface area contributed by atoms with Crippen molar-refractivity contribution in [2.75, 3.05) is 11.4 Å². The molecule has 0 fully saturated rings. The van der Waals surface area contributed by atoms with Gasteiger partial charge in [0.25, 0.3) is 10.0 Å². The molecule has 0 aliphatic carbocycles. The molecule has 1 N–H and O–H groups in total. The fourth-order valence-corrected chi connectivity index (χ4v) is 2.86. The summed E-state index contributed by atoms with van der Waals surface area (Å²) in [6.07, 6.45) is 0. The molecule has 102 valence electrons. The van der Waals surface area contributed by atoms with E-state index in [1.54, 1.807) is 0 Å². The fourth-order valence-electron chi connectivity index (χ4n) is 1.66. The van der Waals surface area contributed by atoms with Crippen LogP contribution in [0.15, 0.2) is 53.4 Å². The van der Waals surface area contributed by atoms with Gasteiger partial charge >= 0.3 is 0 Å². The Morgan fingerprint density at radius 2 is 1.60 bits per heavy atom. The first-order valence-corrected chi connectivity index (χ1v) is 7.17. The van der Waals surface area contributed by atoms with Crippen molar-refractivity contribution in [3.63, 3.8) is 0 Å². The van der Waals surface area contributed by atoms with E-state index in [1.807, 2.05) is 6.07 Å². The van der Waals surface area contributed by atoms with E-state index in [9.17, 15) is 13.5 Å². The van der Waals surface area contributed by atoms with Crippen molar-refractivity contribution in [2.24, 2.45) is 0 Å². The van der Waals surface area contributed by atoms with Gasteiger partial charge in [0.05, 0.1) is 22.2 Å². The van der Waals surface area contributed by atoms with E-state index in [4.69, 9.17) is 5.26 Å². The van der Waals surface area contributed by atoms with Crippen molar-refractivity contribution in [2.45, 2.75) is 4.90 Å². The highest BCUT2D eigenvalue weighted by Crippen LogP contribution is 2.23. The standard InChI is InChI=1S/C14H12N2O3S/c1-16(12-4-6-13(17)7-5-12)20(18,19)14-8-2-11(10-15)3-9-14/h2-9,17H,1H3. The summed E-state index contributed by atoms with van der Waals surface area (Å²) in [5.41, 5.74) is 0.836. The highest BCUT2D eigenvalue weighted by Gasteiger charge is 2.21. The van der Waals surface area contributed by atoms with Gasteiger partial charge in [-0.15, -0.1) is 0 Å². The topological polar surface area (TPSA) is 81.4 Å². The number of hydrogen-bond donors (Lipinski definition) is 1. The van der Waals surface area contributed by atoms with Gasteiger partial charge in [0, 0.05) is 7.05 Å². The minimum atomic E-state index is -3.69. The summed E-state index contributed by atoms with van der Waals surface area (Å²) >= 11 is 0. The monoisotopic (exact) mass is 288 g/mol. The molecular weight excluding hydrogens is 276 g/mol. The van der Waals surface area contributed by atoms with Gasteiger partial charge in [-0.2, -0.15) is 5.26 Å². The largest absolute Gasteiger partial charge is 0.508 e. The van der Waals surface area contributed by atoms with Crippen molar-refractivity contribution in [3.05, 3.63) is 54.1 Å². The fraction of sp³-hybridized carbons (Fsp3) is 0.0714. The number of nitriles is 1. The van der Waals surface area contributed by atoms with E-state index in [0.29, 0.717) is 11.3 Å². The average molecular weight is 288 g/mol. The number of hydrogen-bond acceptors (Lipinski definition) is 4. The summed E-state index contributed by atoms with van der Waals surface area (Å²) in [5.74, 6) is 0.0675. The molecule has 0 aromatic heterocycles. The molecular formula is C14H12N2O3S. The van der Waals surface area contributed by atoms with Crippen molar-refractivity contribution in [3.8, 4) is 11.8 Å². The predicted octanol–water partition coefficient (Wildman–Crippen LogP) is 2.09. The summed E-state index contributed by atoms with van der Waals surface area (Å²) in [7, 11) is -2.26. The Labute approximate surface area is 117 Å². The van der Waals surface area contributed by atoms with E-state index in [2.05, 4.69) is 0 Å². The summed E-state index contributed by atoms with van der Waals surface area (Å²) in [6.45, 7) is 0. The van der Waals surface area contributed by atoms with Gasteiger partial charge in [-0.25, -0.2) is 8.42 Å². The molecule has 0 heterocycles. The number of nitrogens with zero attached hydrogens (tertiary/aromatic N) is 2. The first-order chi connectivity index (χ1) is 9.45. The van der Waals surface area contributed by atoms with E-state index < -0.39 is 10.0 Å². The summed E-state index contributed by atoms with van der Waals surface area (Å²) in [4.78, 5) is 0.104. The molecule has 0 radical (unpaired) electrons. The molecule has 0 aliphatic heterocycles. The SMILES string of the molecule is CN(c1ccc(O)cc1)S(=O)(=O)c1ccc(C#N)cc1. The van der Waals surface area contributed by atoms with Crippen LogP contribution in [-0.4, -0.2) is 20.6 Å². The Kier molecular flexibility index (Phi) is 3.63. The lowest BCUT2D eigenvalue weighted by Gasteiger charge is -2.19. The van der Waals surface area contributed by atoms with E-state index in [-0.39, 0.29) is 10.6 Å². The van der Waals surface area contributed by atoms with E-state index in [1.165, 1.54) is 55.6 Å². The van der Waals surface area contributed by atoms with Crippen LogP contribution in [0.1, 0.15) is 5.56 Å². The van der Waals surface area contributed by atoms with Gasteiger partial charge in [-0.1, -0.05) is 0 Å². The van der Waals surface area contributed by atoms with Crippen LogP contribution in [0, 0.1) is 11.3 Å². The molecule has 0 spiro atoms. The number of phenolic OH excluding ortho intramolecular Hbond substituents is 1. The summed E-state index contributed by atoms with van der Waals surface area (Å²) < 4.78 is 25.9. The highest BCUT2D eigenvalue weighted by atomic mass is 32.2. The Hall–Kier alpha value is -2.52. The number of anilines is 1. The van der Waals surface area contributed by atoms with E-state index >= 15 is 0 Å². The minimum Gasteiger partial charge on any atom is -0.508 e. The highest BCUT2D eigenvalue weighted by molar-refractivity contribution is 7.92. The average Bonchev–Trinajstić information content (AvgIpc) is 2.47. The van der Waals surface area contributed by atoms with Crippen molar-refractivity contribution < 1.29 is 13.5 Å². The molecule has 0 unspecified atom stereocenters. The number of phenols is 1. The Balaban J connectivity index is 2.38. The molecule has 20 heavy (non-hydrogen) atoms. The first kappa shape index (κ1) is 13.9. The normalized spacial score (nSPS) is 10.8. The zero-order chi connectivity index (χ0) is 14.8. The van der Waals surface area contributed by atoms with Gasteiger partial charge in [0.2, 0.25) is 0 Å². The Morgan fingerprint density at radius 1 is 1.05 bits per heavy atom. The smallest absolute Gasteiger partial charge is 0.264 e. The molecule has 5 nitrogen and oxygen atoms in total. The number of aromatic hydroxyl groups is 1. The molecule has 0 saturated carbocycles. The Morgan fingerprint density at radius 3 is 2.10 bits per heavy atom. The molecule has 0 saturated heterocycles. The van der Waals surface area contributed by atoms with Gasteiger partial charge in [0.15, 0.2) is 0 Å². The van der Waals surface area contributed by atoms with Crippen LogP contribution in [0.25, 0.3) is 0 Å². The maximum Gasteiger partial charge on any atom is 0.264 e. The third-order valence-electron chi connectivity index (χ3n) is 2.86.